The van der Waals surface area contributed by atoms with Crippen LogP contribution in [0.15, 0.2) is 46.1 Å². The SMILES string of the molecule is Cc1cn(C2O[C@H](COC(=O)c3ccccc3)[C@H]3OC(C)(C)O[C@@H]23)c(=O)[nH]c1=O. The molecule has 4 rings (SSSR count). The molecule has 0 saturated carbocycles. The number of aromatic nitrogens is 2. The molecule has 1 unspecified atom stereocenters. The number of hydrogen-bond donors (Lipinski definition) is 1. The lowest BCUT2D eigenvalue weighted by atomic mass is 10.1. The van der Waals surface area contributed by atoms with Crippen LogP contribution in [-0.2, 0) is 18.9 Å². The van der Waals surface area contributed by atoms with Crippen LogP contribution in [0.4, 0.5) is 0 Å². The minimum atomic E-state index is -0.889. The highest BCUT2D eigenvalue weighted by molar-refractivity contribution is 5.89. The van der Waals surface area contributed by atoms with E-state index in [1.54, 1.807) is 45.0 Å². The van der Waals surface area contributed by atoms with Crippen LogP contribution in [0.1, 0.15) is 36.0 Å². The third-order valence-electron chi connectivity index (χ3n) is 4.93. The molecule has 2 aliphatic rings. The van der Waals surface area contributed by atoms with Gasteiger partial charge in [-0.2, -0.15) is 0 Å². The maximum atomic E-state index is 12.3. The Morgan fingerprint density at radius 1 is 1.17 bits per heavy atom. The number of fused-ring (bicyclic) bond motifs is 1. The molecule has 0 amide bonds. The van der Waals surface area contributed by atoms with Crippen molar-refractivity contribution in [2.45, 2.75) is 51.1 Å². The summed E-state index contributed by atoms with van der Waals surface area (Å²) in [6.07, 6.45) is -1.19. The Morgan fingerprint density at radius 2 is 1.86 bits per heavy atom. The zero-order chi connectivity index (χ0) is 20.8. The normalized spacial score (nSPS) is 27.6. The Balaban J connectivity index is 1.57. The van der Waals surface area contributed by atoms with Gasteiger partial charge in [-0.1, -0.05) is 18.2 Å². The van der Waals surface area contributed by atoms with Crippen molar-refractivity contribution < 1.29 is 23.7 Å². The standard InChI is InChI=1S/C20H22N2O7/c1-11-9-22(19(25)21-16(11)23)17-15-14(28-20(2,3)29-15)13(27-17)10-26-18(24)12-7-5-4-6-8-12/h4-9,13-15,17H,10H2,1-3H3,(H,21,23,25)/t13-,14-,15-,17?/m1/s1. The Labute approximate surface area is 166 Å². The molecule has 9 nitrogen and oxygen atoms in total. The van der Waals surface area contributed by atoms with Crippen LogP contribution in [0.25, 0.3) is 0 Å². The molecule has 9 heteroatoms. The lowest BCUT2D eigenvalue weighted by Crippen LogP contribution is -2.38. The van der Waals surface area contributed by atoms with Gasteiger partial charge in [0.2, 0.25) is 0 Å². The summed E-state index contributed by atoms with van der Waals surface area (Å²) in [6.45, 7) is 5.05. The first-order valence-corrected chi connectivity index (χ1v) is 9.30. The maximum Gasteiger partial charge on any atom is 0.338 e. The second-order valence-corrected chi connectivity index (χ2v) is 7.57. The molecule has 2 fully saturated rings. The minimum Gasteiger partial charge on any atom is -0.459 e. The van der Waals surface area contributed by atoms with Gasteiger partial charge in [0.25, 0.3) is 5.56 Å². The molecule has 1 N–H and O–H groups in total. The molecule has 0 radical (unpaired) electrons. The van der Waals surface area contributed by atoms with Crippen molar-refractivity contribution >= 4 is 5.97 Å². The molecule has 3 heterocycles. The average molecular weight is 402 g/mol. The molecule has 1 aromatic carbocycles. The van der Waals surface area contributed by atoms with E-state index in [2.05, 4.69) is 4.98 Å². The summed E-state index contributed by atoms with van der Waals surface area (Å²) in [7, 11) is 0. The van der Waals surface area contributed by atoms with Gasteiger partial charge < -0.3 is 18.9 Å². The van der Waals surface area contributed by atoms with Crippen molar-refractivity contribution in [3.63, 3.8) is 0 Å². The fourth-order valence-electron chi connectivity index (χ4n) is 3.61. The smallest absolute Gasteiger partial charge is 0.338 e. The van der Waals surface area contributed by atoms with Gasteiger partial charge in [0.1, 0.15) is 24.9 Å². The number of nitrogens with zero attached hydrogens (tertiary/aromatic N) is 1. The van der Waals surface area contributed by atoms with E-state index in [0.717, 1.165) is 0 Å². The number of ether oxygens (including phenoxy) is 4. The average Bonchev–Trinajstić information content (AvgIpc) is 3.16. The second-order valence-electron chi connectivity index (χ2n) is 7.57. The molecule has 154 valence electrons. The van der Waals surface area contributed by atoms with Crippen LogP contribution in [0.3, 0.4) is 0 Å². The monoisotopic (exact) mass is 402 g/mol. The second kappa shape index (κ2) is 7.25. The third-order valence-corrected chi connectivity index (χ3v) is 4.93. The van der Waals surface area contributed by atoms with Crippen molar-refractivity contribution in [2.75, 3.05) is 6.61 Å². The Bertz CT molecular complexity index is 1030. The van der Waals surface area contributed by atoms with Gasteiger partial charge in [-0.25, -0.2) is 9.59 Å². The van der Waals surface area contributed by atoms with E-state index in [4.69, 9.17) is 18.9 Å². The summed E-state index contributed by atoms with van der Waals surface area (Å²) in [5.41, 5.74) is -0.283. The van der Waals surface area contributed by atoms with Crippen LogP contribution >= 0.6 is 0 Å². The van der Waals surface area contributed by atoms with Gasteiger partial charge in [-0.3, -0.25) is 14.3 Å². The first-order valence-electron chi connectivity index (χ1n) is 9.30. The van der Waals surface area contributed by atoms with Crippen LogP contribution in [0.5, 0.6) is 0 Å². The predicted molar refractivity (Wildman–Crippen MR) is 101 cm³/mol. The van der Waals surface area contributed by atoms with Gasteiger partial charge in [-0.15, -0.1) is 0 Å². The molecule has 0 aliphatic carbocycles. The van der Waals surface area contributed by atoms with E-state index in [1.807, 2.05) is 6.07 Å². The zero-order valence-corrected chi connectivity index (χ0v) is 16.3. The molecule has 4 atom stereocenters. The number of H-pyrrole nitrogens is 1. The number of hydrogen-bond acceptors (Lipinski definition) is 7. The molecule has 0 bridgehead atoms. The highest BCUT2D eigenvalue weighted by Crippen LogP contribution is 2.42. The fraction of sp³-hybridized carbons (Fsp3) is 0.450. The van der Waals surface area contributed by atoms with Crippen molar-refractivity contribution in [1.82, 2.24) is 9.55 Å². The zero-order valence-electron chi connectivity index (χ0n) is 16.3. The van der Waals surface area contributed by atoms with E-state index >= 15 is 0 Å². The van der Waals surface area contributed by atoms with Gasteiger partial charge in [0.15, 0.2) is 12.0 Å². The van der Waals surface area contributed by atoms with Gasteiger partial charge in [0, 0.05) is 11.8 Å². The molecule has 1 aromatic heterocycles. The topological polar surface area (TPSA) is 109 Å². The minimum absolute atomic E-state index is 0.0675. The maximum absolute atomic E-state index is 12.3. The number of nitrogens with one attached hydrogen (secondary N) is 1. The first-order chi connectivity index (χ1) is 13.7. The molecule has 29 heavy (non-hydrogen) atoms. The van der Waals surface area contributed by atoms with Crippen molar-refractivity contribution in [3.05, 3.63) is 68.5 Å². The predicted octanol–water partition coefficient (Wildman–Crippen LogP) is 1.12. The Hall–Kier alpha value is -2.75. The highest BCUT2D eigenvalue weighted by atomic mass is 16.8. The summed E-state index contributed by atoms with van der Waals surface area (Å²) < 4.78 is 24.6. The lowest BCUT2D eigenvalue weighted by Gasteiger charge is -2.25. The van der Waals surface area contributed by atoms with Gasteiger partial charge in [0.05, 0.1) is 5.56 Å². The van der Waals surface area contributed by atoms with E-state index < -0.39 is 47.5 Å². The molecule has 2 saturated heterocycles. The van der Waals surface area contributed by atoms with Crippen LogP contribution in [0, 0.1) is 6.92 Å². The fourth-order valence-corrected chi connectivity index (χ4v) is 3.61. The molecular formula is C20H22N2O7. The summed E-state index contributed by atoms with van der Waals surface area (Å²) in [4.78, 5) is 38.5. The molecular weight excluding hydrogens is 380 g/mol. The highest BCUT2D eigenvalue weighted by Gasteiger charge is 2.56. The van der Waals surface area contributed by atoms with E-state index in [9.17, 15) is 14.4 Å². The number of rotatable bonds is 4. The van der Waals surface area contributed by atoms with E-state index in [0.29, 0.717) is 11.1 Å². The number of carbonyl (C=O) groups excluding carboxylic acids is 1. The largest absolute Gasteiger partial charge is 0.459 e. The number of aromatic amines is 1. The lowest BCUT2D eigenvalue weighted by molar-refractivity contribution is -0.200. The van der Waals surface area contributed by atoms with Crippen molar-refractivity contribution in [1.29, 1.82) is 0 Å². The van der Waals surface area contributed by atoms with E-state index in [1.165, 1.54) is 10.8 Å². The third kappa shape index (κ3) is 3.76. The van der Waals surface area contributed by atoms with Gasteiger partial charge >= 0.3 is 11.7 Å². The Morgan fingerprint density at radius 3 is 2.59 bits per heavy atom. The number of aryl methyl sites for hydroxylation is 1. The summed E-state index contributed by atoms with van der Waals surface area (Å²) in [5.74, 6) is -1.37. The summed E-state index contributed by atoms with van der Waals surface area (Å²) >= 11 is 0. The van der Waals surface area contributed by atoms with Gasteiger partial charge in [-0.05, 0) is 32.9 Å². The van der Waals surface area contributed by atoms with Crippen LogP contribution in [0.2, 0.25) is 0 Å². The van der Waals surface area contributed by atoms with Crippen molar-refractivity contribution in [3.8, 4) is 0 Å². The molecule has 0 spiro atoms. The quantitative estimate of drug-likeness (QED) is 0.764. The van der Waals surface area contributed by atoms with E-state index in [-0.39, 0.29) is 6.61 Å². The van der Waals surface area contributed by atoms with Crippen LogP contribution in [-0.4, -0.2) is 46.2 Å². The summed E-state index contributed by atoms with van der Waals surface area (Å²) in [6, 6.07) is 8.61. The Kier molecular flexibility index (Phi) is 4.89. The molecule has 2 aromatic rings. The van der Waals surface area contributed by atoms with Crippen molar-refractivity contribution in [2.24, 2.45) is 0 Å². The first kappa shape index (κ1) is 19.6. The molecule has 2 aliphatic heterocycles. The number of esters is 1. The summed E-state index contributed by atoms with van der Waals surface area (Å²) in [5, 5.41) is 0. The number of carbonyl (C=O) groups is 1. The van der Waals surface area contributed by atoms with Crippen LogP contribution < -0.4 is 11.2 Å². The number of benzene rings is 1.